The van der Waals surface area contributed by atoms with E-state index in [-0.39, 0.29) is 11.1 Å². The van der Waals surface area contributed by atoms with Crippen molar-refractivity contribution in [2.45, 2.75) is 13.3 Å². The SMILES string of the molecule is CCc1ccc(-c2cc(C=O)c(O)c(F)c2F)cc1. The van der Waals surface area contributed by atoms with E-state index in [0.717, 1.165) is 18.1 Å². The number of aromatic hydroxyl groups is 1. The Labute approximate surface area is 109 Å². The number of phenolic OH excluding ortho intramolecular Hbond substituents is 1. The van der Waals surface area contributed by atoms with Crippen LogP contribution >= 0.6 is 0 Å². The van der Waals surface area contributed by atoms with Crippen LogP contribution in [0.15, 0.2) is 30.3 Å². The topological polar surface area (TPSA) is 37.3 Å². The van der Waals surface area contributed by atoms with Gasteiger partial charge in [0.25, 0.3) is 0 Å². The molecule has 0 aromatic heterocycles. The molecule has 0 saturated carbocycles. The minimum atomic E-state index is -1.40. The van der Waals surface area contributed by atoms with Crippen LogP contribution in [0.1, 0.15) is 22.8 Å². The lowest BCUT2D eigenvalue weighted by molar-refractivity contribution is 0.112. The van der Waals surface area contributed by atoms with E-state index in [1.807, 2.05) is 6.92 Å². The molecule has 0 aliphatic rings. The first-order chi connectivity index (χ1) is 9.08. The smallest absolute Gasteiger partial charge is 0.201 e. The molecule has 0 fully saturated rings. The van der Waals surface area contributed by atoms with E-state index in [1.54, 1.807) is 24.3 Å². The van der Waals surface area contributed by atoms with Gasteiger partial charge >= 0.3 is 0 Å². The Morgan fingerprint density at radius 1 is 1.16 bits per heavy atom. The third-order valence-electron chi connectivity index (χ3n) is 3.01. The van der Waals surface area contributed by atoms with E-state index in [4.69, 9.17) is 0 Å². The van der Waals surface area contributed by atoms with Crippen molar-refractivity contribution in [2.75, 3.05) is 0 Å². The maximum atomic E-state index is 13.8. The summed E-state index contributed by atoms with van der Waals surface area (Å²) in [5.74, 6) is -3.52. The maximum Gasteiger partial charge on any atom is 0.201 e. The highest BCUT2D eigenvalue weighted by Crippen LogP contribution is 2.32. The molecule has 0 saturated heterocycles. The van der Waals surface area contributed by atoms with Crippen molar-refractivity contribution in [1.29, 1.82) is 0 Å². The Hall–Kier alpha value is -2.23. The maximum absolute atomic E-state index is 13.8. The van der Waals surface area contributed by atoms with E-state index < -0.39 is 17.4 Å². The van der Waals surface area contributed by atoms with Gasteiger partial charge in [-0.25, -0.2) is 4.39 Å². The van der Waals surface area contributed by atoms with Gasteiger partial charge in [-0.2, -0.15) is 4.39 Å². The fraction of sp³-hybridized carbons (Fsp3) is 0.133. The summed E-state index contributed by atoms with van der Waals surface area (Å²) in [4.78, 5) is 10.7. The lowest BCUT2D eigenvalue weighted by atomic mass is 10.00. The molecule has 98 valence electrons. The second kappa shape index (κ2) is 5.18. The molecule has 4 heteroatoms. The van der Waals surface area contributed by atoms with Crippen LogP contribution in [-0.4, -0.2) is 11.4 Å². The number of carbonyl (C=O) groups excluding carboxylic acids is 1. The van der Waals surface area contributed by atoms with Gasteiger partial charge in [-0.3, -0.25) is 4.79 Å². The number of aldehydes is 1. The monoisotopic (exact) mass is 262 g/mol. The second-order valence-corrected chi connectivity index (χ2v) is 4.16. The standard InChI is InChI=1S/C15H12F2O2/c1-2-9-3-5-10(6-4-9)12-7-11(8-18)15(19)14(17)13(12)16/h3-8,19H,2H2,1H3. The molecule has 2 nitrogen and oxygen atoms in total. The van der Waals surface area contributed by atoms with Crippen molar-refractivity contribution >= 4 is 6.29 Å². The van der Waals surface area contributed by atoms with Crippen LogP contribution in [-0.2, 0) is 6.42 Å². The first-order valence-corrected chi connectivity index (χ1v) is 5.84. The van der Waals surface area contributed by atoms with Crippen molar-refractivity contribution in [3.05, 3.63) is 53.1 Å². The number of benzene rings is 2. The summed E-state index contributed by atoms with van der Waals surface area (Å²) in [6, 6.07) is 8.06. The summed E-state index contributed by atoms with van der Waals surface area (Å²) in [7, 11) is 0. The fourth-order valence-electron chi connectivity index (χ4n) is 1.86. The molecule has 2 aromatic carbocycles. The largest absolute Gasteiger partial charge is 0.504 e. The number of phenols is 1. The molecule has 0 aliphatic carbocycles. The summed E-state index contributed by atoms with van der Waals surface area (Å²) in [5.41, 5.74) is 1.21. The van der Waals surface area contributed by atoms with Crippen LogP contribution < -0.4 is 0 Å². The van der Waals surface area contributed by atoms with Crippen molar-refractivity contribution in [2.24, 2.45) is 0 Å². The highest BCUT2D eigenvalue weighted by Gasteiger charge is 2.18. The molecule has 0 unspecified atom stereocenters. The summed E-state index contributed by atoms with van der Waals surface area (Å²) in [6.07, 6.45) is 1.13. The molecule has 0 spiro atoms. The van der Waals surface area contributed by atoms with Crippen molar-refractivity contribution in [3.8, 4) is 16.9 Å². The summed E-state index contributed by atoms with van der Waals surface area (Å²) in [6.45, 7) is 1.99. The number of carbonyl (C=O) groups is 1. The minimum Gasteiger partial charge on any atom is -0.504 e. The summed E-state index contributed by atoms with van der Waals surface area (Å²) < 4.78 is 27.3. The van der Waals surface area contributed by atoms with Crippen LogP contribution in [0, 0.1) is 11.6 Å². The lowest BCUT2D eigenvalue weighted by Crippen LogP contribution is -1.95. The van der Waals surface area contributed by atoms with Crippen LogP contribution in [0.3, 0.4) is 0 Å². The molecule has 2 rings (SSSR count). The molecule has 0 radical (unpaired) electrons. The van der Waals surface area contributed by atoms with E-state index in [2.05, 4.69) is 0 Å². The predicted octanol–water partition coefficient (Wildman–Crippen LogP) is 3.71. The third kappa shape index (κ3) is 2.34. The number of halogens is 2. The second-order valence-electron chi connectivity index (χ2n) is 4.16. The first-order valence-electron chi connectivity index (χ1n) is 5.84. The van der Waals surface area contributed by atoms with Gasteiger partial charge in [0, 0.05) is 5.56 Å². The average Bonchev–Trinajstić information content (AvgIpc) is 2.45. The Morgan fingerprint density at radius 3 is 2.32 bits per heavy atom. The van der Waals surface area contributed by atoms with Crippen molar-refractivity contribution in [1.82, 2.24) is 0 Å². The quantitative estimate of drug-likeness (QED) is 0.856. The third-order valence-corrected chi connectivity index (χ3v) is 3.01. The van der Waals surface area contributed by atoms with E-state index in [0.29, 0.717) is 11.8 Å². The van der Waals surface area contributed by atoms with Gasteiger partial charge in [-0.05, 0) is 23.6 Å². The number of aryl methyl sites for hydroxylation is 1. The highest BCUT2D eigenvalue weighted by molar-refractivity contribution is 5.83. The average molecular weight is 262 g/mol. The molecule has 0 atom stereocenters. The number of hydrogen-bond acceptors (Lipinski definition) is 2. The van der Waals surface area contributed by atoms with Crippen molar-refractivity contribution < 1.29 is 18.7 Å². The van der Waals surface area contributed by atoms with Crippen LogP contribution in [0.2, 0.25) is 0 Å². The minimum absolute atomic E-state index is 0.0416. The van der Waals surface area contributed by atoms with E-state index in [9.17, 15) is 18.7 Å². The van der Waals surface area contributed by atoms with Gasteiger partial charge in [-0.1, -0.05) is 31.2 Å². The van der Waals surface area contributed by atoms with Gasteiger partial charge in [0.1, 0.15) is 0 Å². The molecular weight excluding hydrogens is 250 g/mol. The van der Waals surface area contributed by atoms with E-state index in [1.165, 1.54) is 0 Å². The lowest BCUT2D eigenvalue weighted by Gasteiger charge is -2.08. The Balaban J connectivity index is 2.60. The van der Waals surface area contributed by atoms with Gasteiger partial charge in [0.15, 0.2) is 17.9 Å². The van der Waals surface area contributed by atoms with Gasteiger partial charge in [0.05, 0.1) is 5.56 Å². The Morgan fingerprint density at radius 2 is 1.79 bits per heavy atom. The van der Waals surface area contributed by atoms with Crippen LogP contribution in [0.4, 0.5) is 8.78 Å². The zero-order valence-electron chi connectivity index (χ0n) is 10.3. The zero-order valence-corrected chi connectivity index (χ0v) is 10.3. The van der Waals surface area contributed by atoms with Crippen LogP contribution in [0.5, 0.6) is 5.75 Å². The molecule has 0 aliphatic heterocycles. The highest BCUT2D eigenvalue weighted by atomic mass is 19.2. The Kier molecular flexibility index (Phi) is 3.60. The predicted molar refractivity (Wildman–Crippen MR) is 68.2 cm³/mol. The fourth-order valence-corrected chi connectivity index (χ4v) is 1.86. The van der Waals surface area contributed by atoms with Crippen LogP contribution in [0.25, 0.3) is 11.1 Å². The molecule has 0 bridgehead atoms. The molecule has 19 heavy (non-hydrogen) atoms. The van der Waals surface area contributed by atoms with Gasteiger partial charge < -0.3 is 5.11 Å². The molecule has 0 amide bonds. The molecular formula is C15H12F2O2. The summed E-state index contributed by atoms with van der Waals surface area (Å²) in [5, 5.41) is 9.29. The Bertz CT molecular complexity index is 619. The van der Waals surface area contributed by atoms with E-state index >= 15 is 0 Å². The van der Waals surface area contributed by atoms with Gasteiger partial charge in [-0.15, -0.1) is 0 Å². The first kappa shape index (κ1) is 13.2. The zero-order chi connectivity index (χ0) is 14.0. The van der Waals surface area contributed by atoms with Crippen molar-refractivity contribution in [3.63, 3.8) is 0 Å². The normalized spacial score (nSPS) is 10.5. The molecule has 2 aromatic rings. The number of rotatable bonds is 3. The van der Waals surface area contributed by atoms with Gasteiger partial charge in [0.2, 0.25) is 5.82 Å². The molecule has 0 heterocycles. The summed E-state index contributed by atoms with van der Waals surface area (Å²) >= 11 is 0. The molecule has 1 N–H and O–H groups in total. The number of hydrogen-bond donors (Lipinski definition) is 1.